The van der Waals surface area contributed by atoms with Crippen LogP contribution in [0.1, 0.15) is 28.1 Å². The van der Waals surface area contributed by atoms with Gasteiger partial charge in [-0.2, -0.15) is 0 Å². The van der Waals surface area contributed by atoms with Gasteiger partial charge in [0.05, 0.1) is 6.20 Å². The predicted octanol–water partition coefficient (Wildman–Crippen LogP) is 2.29. The molecule has 0 saturated carbocycles. The van der Waals surface area contributed by atoms with Crippen molar-refractivity contribution in [2.75, 3.05) is 18.6 Å². The maximum absolute atomic E-state index is 12.4. The Labute approximate surface area is 149 Å². The third kappa shape index (κ3) is 3.35. The number of ether oxygens (including phenoxy) is 1. The number of anilines is 1. The summed E-state index contributed by atoms with van der Waals surface area (Å²) in [5.74, 6) is -0.116. The van der Waals surface area contributed by atoms with E-state index in [2.05, 4.69) is 15.3 Å². The summed E-state index contributed by atoms with van der Waals surface area (Å²) in [6, 6.07) is 3.90. The number of thiazole rings is 1. The number of fused-ring (bicyclic) bond motifs is 1. The first-order valence-corrected chi connectivity index (χ1v) is 9.02. The number of nitrogens with zero attached hydrogens (tertiary/aromatic N) is 4. The van der Waals surface area contributed by atoms with Gasteiger partial charge in [0.2, 0.25) is 0 Å². The van der Waals surface area contributed by atoms with Crippen molar-refractivity contribution in [3.63, 3.8) is 0 Å². The van der Waals surface area contributed by atoms with Gasteiger partial charge >= 0.3 is 0 Å². The van der Waals surface area contributed by atoms with Crippen LogP contribution in [0.25, 0.3) is 5.65 Å². The summed E-state index contributed by atoms with van der Waals surface area (Å²) < 4.78 is 7.59. The monoisotopic (exact) mass is 357 g/mol. The highest BCUT2D eigenvalue weighted by molar-refractivity contribution is 7.17. The summed E-state index contributed by atoms with van der Waals surface area (Å²) in [5, 5.41) is 3.74. The molecule has 1 atom stereocenters. The Morgan fingerprint density at radius 3 is 3.24 bits per heavy atom. The van der Waals surface area contributed by atoms with Gasteiger partial charge in [-0.25, -0.2) is 9.97 Å². The van der Waals surface area contributed by atoms with Gasteiger partial charge in [0.25, 0.3) is 5.91 Å². The van der Waals surface area contributed by atoms with Crippen LogP contribution < -0.4 is 10.2 Å². The first kappa shape index (κ1) is 16.0. The van der Waals surface area contributed by atoms with Crippen LogP contribution in [0, 0.1) is 0 Å². The second-order valence-corrected chi connectivity index (χ2v) is 7.01. The minimum atomic E-state index is -0.116. The van der Waals surface area contributed by atoms with Gasteiger partial charge in [-0.05, 0) is 24.5 Å². The maximum atomic E-state index is 12.4. The van der Waals surface area contributed by atoms with Crippen LogP contribution in [0.15, 0.2) is 36.9 Å². The van der Waals surface area contributed by atoms with E-state index in [0.717, 1.165) is 35.8 Å². The fourth-order valence-electron chi connectivity index (χ4n) is 2.86. The number of carbonyl (C=O) groups is 1. The molecular formula is C17H19N5O2S. The number of hydrogen-bond donors (Lipinski definition) is 1. The molecule has 0 radical (unpaired) electrons. The topological polar surface area (TPSA) is 71.8 Å². The number of rotatable bonds is 5. The van der Waals surface area contributed by atoms with Gasteiger partial charge in [-0.15, -0.1) is 0 Å². The summed E-state index contributed by atoms with van der Waals surface area (Å²) in [6.45, 7) is 1.25. The van der Waals surface area contributed by atoms with Gasteiger partial charge in [-0.3, -0.25) is 4.79 Å². The molecule has 7 nitrogen and oxygen atoms in total. The minimum Gasteiger partial charge on any atom is -0.358 e. The second-order valence-electron chi connectivity index (χ2n) is 6.00. The lowest BCUT2D eigenvalue weighted by Gasteiger charge is -2.22. The molecule has 1 N–H and O–H groups in total. The number of hydrogen-bond acceptors (Lipinski definition) is 6. The summed E-state index contributed by atoms with van der Waals surface area (Å²) in [4.78, 5) is 23.6. The molecule has 1 amide bonds. The van der Waals surface area contributed by atoms with Crippen molar-refractivity contribution in [3.05, 3.63) is 47.4 Å². The summed E-state index contributed by atoms with van der Waals surface area (Å²) >= 11 is 1.38. The molecule has 0 aliphatic carbocycles. The first-order valence-electron chi connectivity index (χ1n) is 8.21. The summed E-state index contributed by atoms with van der Waals surface area (Å²) in [6.07, 6.45) is 9.34. The number of pyridine rings is 1. The van der Waals surface area contributed by atoms with E-state index in [9.17, 15) is 4.79 Å². The van der Waals surface area contributed by atoms with E-state index in [1.807, 2.05) is 40.9 Å². The highest BCUT2D eigenvalue weighted by Crippen LogP contribution is 2.26. The van der Waals surface area contributed by atoms with Crippen molar-refractivity contribution < 1.29 is 9.53 Å². The lowest BCUT2D eigenvalue weighted by molar-refractivity contribution is 0.0954. The molecule has 0 bridgehead atoms. The van der Waals surface area contributed by atoms with E-state index in [1.165, 1.54) is 11.3 Å². The molecule has 1 fully saturated rings. The Bertz CT molecular complexity index is 884. The SMILES string of the molecule is CN(c1ncc(C(=O)NCc2ccc3nccn3c2)s1)C1CCCO1. The zero-order chi connectivity index (χ0) is 17.2. The van der Waals surface area contributed by atoms with Crippen LogP contribution >= 0.6 is 11.3 Å². The number of nitrogens with one attached hydrogen (secondary N) is 1. The van der Waals surface area contributed by atoms with Crippen LogP contribution in [0.3, 0.4) is 0 Å². The lowest BCUT2D eigenvalue weighted by Crippen LogP contribution is -2.30. The fraction of sp³-hybridized carbons (Fsp3) is 0.353. The predicted molar refractivity (Wildman–Crippen MR) is 95.9 cm³/mol. The fourth-order valence-corrected chi connectivity index (χ4v) is 3.70. The molecule has 0 aromatic carbocycles. The second kappa shape index (κ2) is 6.81. The lowest BCUT2D eigenvalue weighted by atomic mass is 10.3. The third-order valence-corrected chi connectivity index (χ3v) is 5.35. The zero-order valence-corrected chi connectivity index (χ0v) is 14.7. The van der Waals surface area contributed by atoms with Crippen molar-refractivity contribution in [1.29, 1.82) is 0 Å². The number of aromatic nitrogens is 3. The molecule has 8 heteroatoms. The van der Waals surface area contributed by atoms with Crippen LogP contribution in [0.5, 0.6) is 0 Å². The third-order valence-electron chi connectivity index (χ3n) is 4.26. The van der Waals surface area contributed by atoms with E-state index in [4.69, 9.17) is 4.74 Å². The van der Waals surface area contributed by atoms with E-state index in [0.29, 0.717) is 11.4 Å². The van der Waals surface area contributed by atoms with Gasteiger partial charge < -0.3 is 19.4 Å². The molecule has 4 rings (SSSR count). The van der Waals surface area contributed by atoms with Gasteiger partial charge in [0.1, 0.15) is 16.8 Å². The van der Waals surface area contributed by atoms with E-state index in [1.54, 1.807) is 12.4 Å². The molecule has 1 aliphatic rings. The number of carbonyl (C=O) groups excluding carboxylic acids is 1. The van der Waals surface area contributed by atoms with Crippen molar-refractivity contribution >= 4 is 28.0 Å². The smallest absolute Gasteiger partial charge is 0.263 e. The van der Waals surface area contributed by atoms with Crippen LogP contribution in [-0.2, 0) is 11.3 Å². The molecule has 1 saturated heterocycles. The molecule has 0 spiro atoms. The standard InChI is InChI=1S/C17H19N5O2S/c1-21(15-3-2-8-24-15)17-20-10-13(25-17)16(23)19-9-12-4-5-14-18-6-7-22(14)11-12/h4-7,10-11,15H,2-3,8-9H2,1H3,(H,19,23). The normalized spacial score (nSPS) is 17.1. The summed E-state index contributed by atoms with van der Waals surface area (Å²) in [5.41, 5.74) is 1.90. The molecular weight excluding hydrogens is 338 g/mol. The average molecular weight is 357 g/mol. The molecule has 3 aromatic heterocycles. The van der Waals surface area contributed by atoms with Crippen molar-refractivity contribution in [1.82, 2.24) is 19.7 Å². The van der Waals surface area contributed by atoms with E-state index < -0.39 is 0 Å². The molecule has 25 heavy (non-hydrogen) atoms. The Hall–Kier alpha value is -2.45. The first-order chi connectivity index (χ1) is 12.2. The van der Waals surface area contributed by atoms with Gasteiger partial charge in [-0.1, -0.05) is 17.4 Å². The molecule has 1 unspecified atom stereocenters. The van der Waals surface area contributed by atoms with Crippen molar-refractivity contribution in [3.8, 4) is 0 Å². The Balaban J connectivity index is 1.39. The minimum absolute atomic E-state index is 0.0592. The quantitative estimate of drug-likeness (QED) is 0.759. The Kier molecular flexibility index (Phi) is 4.37. The van der Waals surface area contributed by atoms with Gasteiger partial charge in [0, 0.05) is 38.8 Å². The highest BCUT2D eigenvalue weighted by atomic mass is 32.1. The Morgan fingerprint density at radius 2 is 2.40 bits per heavy atom. The molecule has 3 aromatic rings. The Morgan fingerprint density at radius 1 is 1.48 bits per heavy atom. The number of imidazole rings is 1. The zero-order valence-electron chi connectivity index (χ0n) is 13.9. The molecule has 4 heterocycles. The number of amides is 1. The van der Waals surface area contributed by atoms with Gasteiger partial charge in [0.15, 0.2) is 5.13 Å². The van der Waals surface area contributed by atoms with E-state index >= 15 is 0 Å². The van der Waals surface area contributed by atoms with Crippen LogP contribution in [0.2, 0.25) is 0 Å². The van der Waals surface area contributed by atoms with Crippen LogP contribution in [-0.4, -0.2) is 40.2 Å². The molecule has 1 aliphatic heterocycles. The largest absolute Gasteiger partial charge is 0.358 e. The van der Waals surface area contributed by atoms with E-state index in [-0.39, 0.29) is 12.1 Å². The molecule has 130 valence electrons. The van der Waals surface area contributed by atoms with Crippen LogP contribution in [0.4, 0.5) is 5.13 Å². The maximum Gasteiger partial charge on any atom is 0.263 e. The van der Waals surface area contributed by atoms with Crippen molar-refractivity contribution in [2.24, 2.45) is 0 Å². The average Bonchev–Trinajstić information content (AvgIpc) is 3.39. The summed E-state index contributed by atoms with van der Waals surface area (Å²) in [7, 11) is 1.96. The van der Waals surface area contributed by atoms with Crippen molar-refractivity contribution in [2.45, 2.75) is 25.6 Å². The highest BCUT2D eigenvalue weighted by Gasteiger charge is 2.23.